The van der Waals surface area contributed by atoms with Crippen LogP contribution in [-0.2, 0) is 0 Å². The Morgan fingerprint density at radius 1 is 1.26 bits per heavy atom. The Labute approximate surface area is 122 Å². The second-order valence-electron chi connectivity index (χ2n) is 5.81. The molecule has 0 spiro atoms. The molecule has 1 aliphatic rings. The molecule has 1 unspecified atom stereocenters. The summed E-state index contributed by atoms with van der Waals surface area (Å²) < 4.78 is 0. The smallest absolute Gasteiger partial charge is 0.0164 e. The third kappa shape index (κ3) is 5.19. The van der Waals surface area contributed by atoms with E-state index >= 15 is 0 Å². The maximum Gasteiger partial charge on any atom is 0.0164 e. The molecule has 1 saturated carbocycles. The fraction of sp³-hybridized carbons (Fsp3) is 0.647. The van der Waals surface area contributed by atoms with Crippen LogP contribution in [0.15, 0.2) is 29.2 Å². The molecule has 1 N–H and O–H groups in total. The van der Waals surface area contributed by atoms with Crippen LogP contribution in [0.5, 0.6) is 0 Å². The van der Waals surface area contributed by atoms with Gasteiger partial charge in [0.25, 0.3) is 0 Å². The number of thioether (sulfide) groups is 1. The highest BCUT2D eigenvalue weighted by Gasteiger charge is 2.21. The van der Waals surface area contributed by atoms with Crippen LogP contribution in [0.1, 0.15) is 44.6 Å². The molecule has 1 atom stereocenters. The van der Waals surface area contributed by atoms with E-state index in [4.69, 9.17) is 0 Å². The molecule has 0 amide bonds. The maximum atomic E-state index is 3.73. The summed E-state index contributed by atoms with van der Waals surface area (Å²) in [6, 6.07) is 9.61. The second-order valence-corrected chi connectivity index (χ2v) is 6.90. The molecule has 0 heterocycles. The molecular formula is C17H27NS. The van der Waals surface area contributed by atoms with E-state index < -0.39 is 0 Å². The van der Waals surface area contributed by atoms with E-state index in [1.165, 1.54) is 48.3 Å². The Hall–Kier alpha value is -0.470. The minimum Gasteiger partial charge on any atom is -0.313 e. The number of hydrogen-bond acceptors (Lipinski definition) is 2. The molecule has 2 rings (SSSR count). The average molecular weight is 277 g/mol. The monoisotopic (exact) mass is 277 g/mol. The molecule has 1 aromatic carbocycles. The van der Waals surface area contributed by atoms with E-state index in [0.717, 1.165) is 12.5 Å². The maximum absolute atomic E-state index is 3.73. The van der Waals surface area contributed by atoms with Crippen molar-refractivity contribution in [3.63, 3.8) is 0 Å². The van der Waals surface area contributed by atoms with Gasteiger partial charge in [-0.2, -0.15) is 0 Å². The zero-order chi connectivity index (χ0) is 13.5. The third-order valence-corrected chi connectivity index (χ3v) is 5.17. The molecule has 0 saturated heterocycles. The molecular weight excluding hydrogens is 250 g/mol. The Morgan fingerprint density at radius 3 is 2.58 bits per heavy atom. The summed E-state index contributed by atoms with van der Waals surface area (Å²) in [5, 5.41) is 3.73. The quantitative estimate of drug-likeness (QED) is 0.694. The van der Waals surface area contributed by atoms with Crippen LogP contribution in [-0.4, -0.2) is 18.3 Å². The molecule has 0 aromatic heterocycles. The minimum absolute atomic E-state index is 0.691. The van der Waals surface area contributed by atoms with Crippen molar-refractivity contribution in [3.05, 3.63) is 29.8 Å². The first-order chi connectivity index (χ1) is 9.28. The van der Waals surface area contributed by atoms with Gasteiger partial charge in [0, 0.05) is 16.7 Å². The average Bonchev–Trinajstić information content (AvgIpc) is 2.38. The summed E-state index contributed by atoms with van der Waals surface area (Å²) in [5.41, 5.74) is 1.35. The van der Waals surface area contributed by atoms with E-state index in [1.54, 1.807) is 0 Å². The number of aryl methyl sites for hydroxylation is 1. The van der Waals surface area contributed by atoms with E-state index in [2.05, 4.69) is 43.4 Å². The molecule has 1 fully saturated rings. The van der Waals surface area contributed by atoms with E-state index in [-0.39, 0.29) is 0 Å². The van der Waals surface area contributed by atoms with Gasteiger partial charge in [0.1, 0.15) is 0 Å². The van der Waals surface area contributed by atoms with Crippen molar-refractivity contribution in [2.75, 3.05) is 12.3 Å². The lowest BCUT2D eigenvalue weighted by Crippen LogP contribution is -2.35. The predicted molar refractivity (Wildman–Crippen MR) is 85.9 cm³/mol. The van der Waals surface area contributed by atoms with Crippen molar-refractivity contribution in [2.24, 2.45) is 5.92 Å². The van der Waals surface area contributed by atoms with Gasteiger partial charge < -0.3 is 5.32 Å². The summed E-state index contributed by atoms with van der Waals surface area (Å²) in [6.07, 6.45) is 6.98. The normalized spacial score (nSPS) is 17.2. The number of nitrogens with one attached hydrogen (secondary N) is 1. The summed E-state index contributed by atoms with van der Waals surface area (Å²) in [6.45, 7) is 5.56. The largest absolute Gasteiger partial charge is 0.313 e. The summed E-state index contributed by atoms with van der Waals surface area (Å²) >= 11 is 2.00. The highest BCUT2D eigenvalue weighted by atomic mass is 32.2. The van der Waals surface area contributed by atoms with Crippen molar-refractivity contribution in [1.82, 2.24) is 5.32 Å². The number of benzene rings is 1. The highest BCUT2D eigenvalue weighted by molar-refractivity contribution is 7.99. The zero-order valence-electron chi connectivity index (χ0n) is 12.3. The Bertz CT molecular complexity index is 356. The second kappa shape index (κ2) is 7.96. The van der Waals surface area contributed by atoms with Crippen molar-refractivity contribution in [1.29, 1.82) is 0 Å². The highest BCUT2D eigenvalue weighted by Crippen LogP contribution is 2.31. The van der Waals surface area contributed by atoms with Crippen molar-refractivity contribution in [2.45, 2.75) is 56.9 Å². The minimum atomic E-state index is 0.691. The molecule has 0 aliphatic heterocycles. The van der Waals surface area contributed by atoms with Gasteiger partial charge in [-0.05, 0) is 44.4 Å². The van der Waals surface area contributed by atoms with E-state index in [0.29, 0.717) is 6.04 Å². The Morgan fingerprint density at radius 2 is 2.00 bits per heavy atom. The van der Waals surface area contributed by atoms with Gasteiger partial charge in [0.2, 0.25) is 0 Å². The lowest BCUT2D eigenvalue weighted by Gasteiger charge is -2.30. The van der Waals surface area contributed by atoms with Gasteiger partial charge in [-0.25, -0.2) is 0 Å². The van der Waals surface area contributed by atoms with Gasteiger partial charge in [0.15, 0.2) is 0 Å². The Balaban J connectivity index is 1.78. The SMILES string of the molecule is CCCNC(CSc1ccc(C)cc1)CC1CCC1. The summed E-state index contributed by atoms with van der Waals surface area (Å²) in [5.74, 6) is 2.20. The van der Waals surface area contributed by atoms with Crippen LogP contribution in [0, 0.1) is 12.8 Å². The predicted octanol–water partition coefficient (Wildman–Crippen LogP) is 4.65. The number of rotatable bonds is 8. The van der Waals surface area contributed by atoms with Crippen LogP contribution in [0.2, 0.25) is 0 Å². The topological polar surface area (TPSA) is 12.0 Å². The van der Waals surface area contributed by atoms with Gasteiger partial charge in [-0.1, -0.05) is 43.9 Å². The van der Waals surface area contributed by atoms with Crippen molar-refractivity contribution in [3.8, 4) is 0 Å². The molecule has 2 heteroatoms. The molecule has 1 aromatic rings. The van der Waals surface area contributed by atoms with Gasteiger partial charge in [-0.15, -0.1) is 11.8 Å². The third-order valence-electron chi connectivity index (χ3n) is 4.00. The van der Waals surface area contributed by atoms with Crippen LogP contribution in [0.4, 0.5) is 0 Å². The summed E-state index contributed by atoms with van der Waals surface area (Å²) in [7, 11) is 0. The summed E-state index contributed by atoms with van der Waals surface area (Å²) in [4.78, 5) is 1.41. The van der Waals surface area contributed by atoms with Gasteiger partial charge in [0.05, 0.1) is 0 Å². The van der Waals surface area contributed by atoms with Crippen LogP contribution in [0.3, 0.4) is 0 Å². The first-order valence-electron chi connectivity index (χ1n) is 7.70. The van der Waals surface area contributed by atoms with Crippen molar-refractivity contribution >= 4 is 11.8 Å². The Kier molecular flexibility index (Phi) is 6.25. The zero-order valence-corrected chi connectivity index (χ0v) is 13.1. The van der Waals surface area contributed by atoms with Gasteiger partial charge >= 0.3 is 0 Å². The fourth-order valence-electron chi connectivity index (χ4n) is 2.52. The lowest BCUT2D eigenvalue weighted by atomic mass is 9.81. The van der Waals surface area contributed by atoms with Crippen LogP contribution in [0.25, 0.3) is 0 Å². The molecule has 106 valence electrons. The van der Waals surface area contributed by atoms with Gasteiger partial charge in [-0.3, -0.25) is 0 Å². The van der Waals surface area contributed by atoms with E-state index in [1.807, 2.05) is 11.8 Å². The van der Waals surface area contributed by atoms with Crippen LogP contribution < -0.4 is 5.32 Å². The molecule has 19 heavy (non-hydrogen) atoms. The number of hydrogen-bond donors (Lipinski definition) is 1. The first kappa shape index (κ1) is 14.9. The van der Waals surface area contributed by atoms with E-state index in [9.17, 15) is 0 Å². The molecule has 0 bridgehead atoms. The fourth-order valence-corrected chi connectivity index (χ4v) is 3.50. The lowest BCUT2D eigenvalue weighted by molar-refractivity contribution is 0.268. The molecule has 1 aliphatic carbocycles. The molecule has 0 radical (unpaired) electrons. The first-order valence-corrected chi connectivity index (χ1v) is 8.69. The van der Waals surface area contributed by atoms with Crippen molar-refractivity contribution < 1.29 is 0 Å². The standard InChI is InChI=1S/C17H27NS/c1-3-11-18-16(12-15-5-4-6-15)13-19-17-9-7-14(2)8-10-17/h7-10,15-16,18H,3-6,11-13H2,1-2H3. The molecule has 1 nitrogen and oxygen atoms in total. The van der Waals surface area contributed by atoms with Crippen LogP contribution >= 0.6 is 11.8 Å².